The molecule has 31 heavy (non-hydrogen) atoms. The van der Waals surface area contributed by atoms with Gasteiger partial charge in [-0.05, 0) is 42.7 Å². The van der Waals surface area contributed by atoms with Gasteiger partial charge in [0.25, 0.3) is 5.91 Å². The number of ether oxygens (including phenoxy) is 1. The van der Waals surface area contributed by atoms with Crippen molar-refractivity contribution in [1.82, 2.24) is 5.32 Å². The summed E-state index contributed by atoms with van der Waals surface area (Å²) in [5.41, 5.74) is 1.29. The smallest absolute Gasteiger partial charge is 0.326 e. The molecule has 0 bridgehead atoms. The molecule has 1 atom stereocenters. The van der Waals surface area contributed by atoms with Crippen molar-refractivity contribution in [3.8, 4) is 16.9 Å². The molecule has 1 heterocycles. The molecule has 8 heteroatoms. The minimum atomic E-state index is -1.11. The molecule has 3 rings (SSSR count). The second-order valence-corrected chi connectivity index (χ2v) is 7.88. The van der Waals surface area contributed by atoms with Gasteiger partial charge in [0.15, 0.2) is 6.61 Å². The van der Waals surface area contributed by atoms with Crippen LogP contribution in [-0.2, 0) is 9.59 Å². The molecule has 162 valence electrons. The fourth-order valence-corrected chi connectivity index (χ4v) is 3.33. The lowest BCUT2D eigenvalue weighted by atomic mass is 10.0. The van der Waals surface area contributed by atoms with Crippen LogP contribution in [0.15, 0.2) is 51.7 Å². The van der Waals surface area contributed by atoms with Gasteiger partial charge in [-0.2, -0.15) is 0 Å². The first-order valence-corrected chi connectivity index (χ1v) is 10.0. The van der Waals surface area contributed by atoms with Gasteiger partial charge in [0.2, 0.25) is 5.43 Å². The summed E-state index contributed by atoms with van der Waals surface area (Å²) in [4.78, 5) is 36.3. The number of aryl methyl sites for hydroxylation is 1. The molecule has 2 aromatic carbocycles. The molecule has 1 amide bonds. The number of benzene rings is 2. The van der Waals surface area contributed by atoms with Gasteiger partial charge in [0.05, 0.1) is 10.9 Å². The molecule has 3 aromatic rings. The highest BCUT2D eigenvalue weighted by Gasteiger charge is 2.23. The topological polar surface area (TPSA) is 106 Å². The van der Waals surface area contributed by atoms with Crippen molar-refractivity contribution in [2.24, 2.45) is 5.92 Å². The van der Waals surface area contributed by atoms with Crippen LogP contribution in [-0.4, -0.2) is 29.6 Å². The molecule has 0 spiro atoms. The number of fused-ring (bicyclic) bond motifs is 1. The highest BCUT2D eigenvalue weighted by atomic mass is 35.5. The third-order valence-corrected chi connectivity index (χ3v) is 5.04. The summed E-state index contributed by atoms with van der Waals surface area (Å²) in [5, 5.41) is 12.5. The van der Waals surface area contributed by atoms with Crippen LogP contribution in [0.2, 0.25) is 5.02 Å². The third kappa shape index (κ3) is 5.06. The summed E-state index contributed by atoms with van der Waals surface area (Å²) in [7, 11) is 0. The first-order valence-electron chi connectivity index (χ1n) is 9.65. The molecule has 0 radical (unpaired) electrons. The fourth-order valence-electron chi connectivity index (χ4n) is 3.20. The van der Waals surface area contributed by atoms with E-state index in [1.54, 1.807) is 57.2 Å². The summed E-state index contributed by atoms with van der Waals surface area (Å²) in [6, 6.07) is 10.6. The van der Waals surface area contributed by atoms with E-state index in [1.807, 2.05) is 0 Å². The average molecular weight is 444 g/mol. The van der Waals surface area contributed by atoms with Gasteiger partial charge in [-0.1, -0.05) is 37.6 Å². The monoisotopic (exact) mass is 443 g/mol. The molecule has 1 aromatic heterocycles. The maximum atomic E-state index is 13.0. The van der Waals surface area contributed by atoms with Crippen molar-refractivity contribution in [2.75, 3.05) is 6.61 Å². The van der Waals surface area contributed by atoms with Crippen LogP contribution in [0.3, 0.4) is 0 Å². The molecule has 0 aliphatic heterocycles. The van der Waals surface area contributed by atoms with E-state index < -0.39 is 17.9 Å². The van der Waals surface area contributed by atoms with Crippen LogP contribution in [0.5, 0.6) is 5.75 Å². The third-order valence-electron chi connectivity index (χ3n) is 4.79. The van der Waals surface area contributed by atoms with Crippen LogP contribution in [0, 0.1) is 12.8 Å². The van der Waals surface area contributed by atoms with Gasteiger partial charge in [-0.15, -0.1) is 0 Å². The first kappa shape index (κ1) is 22.4. The Kier molecular flexibility index (Phi) is 6.65. The normalized spacial score (nSPS) is 12.0. The molecule has 7 nitrogen and oxygen atoms in total. The summed E-state index contributed by atoms with van der Waals surface area (Å²) < 4.78 is 11.3. The van der Waals surface area contributed by atoms with E-state index in [2.05, 4.69) is 5.32 Å². The van der Waals surface area contributed by atoms with Crippen molar-refractivity contribution < 1.29 is 23.8 Å². The number of carboxylic acids is 1. The zero-order chi connectivity index (χ0) is 22.7. The zero-order valence-corrected chi connectivity index (χ0v) is 18.0. The second kappa shape index (κ2) is 9.22. The van der Waals surface area contributed by atoms with Crippen LogP contribution in [0.1, 0.15) is 19.6 Å². The molecular formula is C23H22ClNO6. The molecule has 0 unspecified atom stereocenters. The SMILES string of the molecule is Cc1oc2cc(OCC(=O)N[C@@H](C(=O)O)C(C)C)ccc2c(=O)c1-c1ccc(Cl)cc1. The molecular weight excluding hydrogens is 422 g/mol. The van der Waals surface area contributed by atoms with Crippen molar-refractivity contribution in [3.63, 3.8) is 0 Å². The maximum absolute atomic E-state index is 13.0. The summed E-state index contributed by atoms with van der Waals surface area (Å²) >= 11 is 5.93. The number of carboxylic acid groups (broad SMARTS) is 1. The van der Waals surface area contributed by atoms with Gasteiger partial charge < -0.3 is 19.6 Å². The van der Waals surface area contributed by atoms with Gasteiger partial charge >= 0.3 is 5.97 Å². The maximum Gasteiger partial charge on any atom is 0.326 e. The Morgan fingerprint density at radius 2 is 1.84 bits per heavy atom. The second-order valence-electron chi connectivity index (χ2n) is 7.44. The Morgan fingerprint density at radius 1 is 1.16 bits per heavy atom. The lowest BCUT2D eigenvalue weighted by Crippen LogP contribution is -2.46. The van der Waals surface area contributed by atoms with Crippen LogP contribution in [0.4, 0.5) is 0 Å². The first-order chi connectivity index (χ1) is 14.7. The Balaban J connectivity index is 1.81. The molecule has 0 fully saturated rings. The summed E-state index contributed by atoms with van der Waals surface area (Å²) in [6.45, 7) is 4.73. The van der Waals surface area contributed by atoms with Crippen molar-refractivity contribution >= 4 is 34.4 Å². The van der Waals surface area contributed by atoms with Crippen molar-refractivity contribution in [3.05, 3.63) is 63.5 Å². The van der Waals surface area contributed by atoms with Gasteiger partial charge in [0, 0.05) is 11.1 Å². The number of carbonyl (C=O) groups is 2. The Labute approximate surface area is 183 Å². The lowest BCUT2D eigenvalue weighted by Gasteiger charge is -2.18. The number of carbonyl (C=O) groups excluding carboxylic acids is 1. The lowest BCUT2D eigenvalue weighted by molar-refractivity contribution is -0.143. The van der Waals surface area contributed by atoms with E-state index >= 15 is 0 Å². The molecule has 0 saturated heterocycles. The number of hydrogen-bond acceptors (Lipinski definition) is 5. The number of rotatable bonds is 7. The Hall–Kier alpha value is -3.32. The zero-order valence-electron chi connectivity index (χ0n) is 17.3. The minimum Gasteiger partial charge on any atom is -0.484 e. The molecule has 0 aliphatic rings. The largest absolute Gasteiger partial charge is 0.484 e. The number of aliphatic carboxylic acids is 1. The van der Waals surface area contributed by atoms with E-state index in [4.69, 9.17) is 25.9 Å². The highest BCUT2D eigenvalue weighted by Crippen LogP contribution is 2.27. The Morgan fingerprint density at radius 3 is 2.45 bits per heavy atom. The predicted octanol–water partition coefficient (Wildman–Crippen LogP) is 4.03. The van der Waals surface area contributed by atoms with Crippen LogP contribution < -0.4 is 15.5 Å². The quantitative estimate of drug-likeness (QED) is 0.571. The van der Waals surface area contributed by atoms with Gasteiger partial charge in [-0.3, -0.25) is 9.59 Å². The standard InChI is InChI=1S/C23H22ClNO6/c1-12(2)21(23(28)29)25-19(26)11-30-16-8-9-17-18(10-16)31-13(3)20(22(17)27)14-4-6-15(24)7-5-14/h4-10,12,21H,11H2,1-3H3,(H,25,26)(H,28,29)/t21-/m1/s1. The molecule has 0 saturated carbocycles. The van der Waals surface area contributed by atoms with E-state index in [0.717, 1.165) is 0 Å². The van der Waals surface area contributed by atoms with Gasteiger partial charge in [-0.25, -0.2) is 4.79 Å². The van der Waals surface area contributed by atoms with Gasteiger partial charge in [0.1, 0.15) is 23.1 Å². The average Bonchev–Trinajstić information content (AvgIpc) is 2.71. The van der Waals surface area contributed by atoms with Crippen molar-refractivity contribution in [1.29, 1.82) is 0 Å². The summed E-state index contributed by atoms with van der Waals surface area (Å²) in [5.74, 6) is -1.18. The molecule has 0 aliphatic carbocycles. The van der Waals surface area contributed by atoms with Crippen molar-refractivity contribution in [2.45, 2.75) is 26.8 Å². The fraction of sp³-hybridized carbons (Fsp3) is 0.261. The van der Waals surface area contributed by atoms with E-state index in [1.165, 1.54) is 6.07 Å². The molecule has 2 N–H and O–H groups in total. The highest BCUT2D eigenvalue weighted by molar-refractivity contribution is 6.30. The van der Waals surface area contributed by atoms with E-state index in [9.17, 15) is 14.4 Å². The number of hydrogen-bond donors (Lipinski definition) is 2. The number of nitrogens with one attached hydrogen (secondary N) is 1. The number of amides is 1. The van der Waals surface area contributed by atoms with E-state index in [0.29, 0.717) is 38.6 Å². The Bertz CT molecular complexity index is 1180. The van der Waals surface area contributed by atoms with Crippen LogP contribution in [0.25, 0.3) is 22.1 Å². The summed E-state index contributed by atoms with van der Waals surface area (Å²) in [6.07, 6.45) is 0. The van der Waals surface area contributed by atoms with Crippen LogP contribution >= 0.6 is 11.6 Å². The predicted molar refractivity (Wildman–Crippen MR) is 118 cm³/mol. The minimum absolute atomic E-state index is 0.188. The number of halogens is 1. The van der Waals surface area contributed by atoms with E-state index in [-0.39, 0.29) is 18.0 Å².